The van der Waals surface area contributed by atoms with Gasteiger partial charge < -0.3 is 5.32 Å². The molecule has 0 aliphatic carbocycles. The molecule has 3 aromatic rings. The summed E-state index contributed by atoms with van der Waals surface area (Å²) in [6.07, 6.45) is 1.01. The fourth-order valence-corrected chi connectivity index (χ4v) is 3.23. The van der Waals surface area contributed by atoms with E-state index in [2.05, 4.69) is 41.4 Å². The van der Waals surface area contributed by atoms with Gasteiger partial charge in [-0.1, -0.05) is 85.8 Å². The largest absolute Gasteiger partial charge is 0.324 e. The number of hydrogen-bond donors (Lipinski definition) is 1. The highest BCUT2D eigenvalue weighted by atomic mass is 16.2. The highest BCUT2D eigenvalue weighted by molar-refractivity contribution is 5.96. The average molecular weight is 358 g/mol. The molecule has 0 aromatic heterocycles. The van der Waals surface area contributed by atoms with Gasteiger partial charge in [0.2, 0.25) is 5.91 Å². The Balaban J connectivity index is 1.69. The summed E-state index contributed by atoms with van der Waals surface area (Å²) in [5, 5.41) is 3.10. The predicted molar refractivity (Wildman–Crippen MR) is 113 cm³/mol. The molecule has 0 saturated heterocycles. The molecule has 0 spiro atoms. The summed E-state index contributed by atoms with van der Waals surface area (Å²) in [5.41, 5.74) is 4.22. The second kappa shape index (κ2) is 9.70. The first-order valence-corrected chi connectivity index (χ1v) is 9.47. The number of carbonyl (C=O) groups excluding carboxylic acids is 1. The van der Waals surface area contributed by atoms with E-state index in [1.807, 2.05) is 60.7 Å². The SMILES string of the molecule is CCCN(CC(=O)Nc1ccccc1-c1ccccc1)Cc1ccccc1. The summed E-state index contributed by atoms with van der Waals surface area (Å²) >= 11 is 0. The standard InChI is InChI=1S/C24H26N2O/c1-2-17-26(18-20-11-5-3-6-12-20)19-24(27)25-23-16-10-9-15-22(23)21-13-7-4-8-14-21/h3-16H,2,17-19H2,1H3,(H,25,27). The number of rotatable bonds is 8. The molecule has 3 rings (SSSR count). The minimum Gasteiger partial charge on any atom is -0.324 e. The molecular formula is C24H26N2O. The first-order chi connectivity index (χ1) is 13.3. The lowest BCUT2D eigenvalue weighted by Gasteiger charge is -2.21. The van der Waals surface area contributed by atoms with Crippen molar-refractivity contribution in [1.82, 2.24) is 4.90 Å². The third kappa shape index (κ3) is 5.53. The van der Waals surface area contributed by atoms with Gasteiger partial charge in [0.15, 0.2) is 0 Å². The van der Waals surface area contributed by atoms with Crippen LogP contribution in [0.15, 0.2) is 84.9 Å². The van der Waals surface area contributed by atoms with Gasteiger partial charge in [-0.25, -0.2) is 0 Å². The highest BCUT2D eigenvalue weighted by Crippen LogP contribution is 2.27. The lowest BCUT2D eigenvalue weighted by molar-refractivity contribution is -0.117. The second-order valence-electron chi connectivity index (χ2n) is 6.66. The van der Waals surface area contributed by atoms with Crippen molar-refractivity contribution in [2.24, 2.45) is 0 Å². The Hall–Kier alpha value is -2.91. The first-order valence-electron chi connectivity index (χ1n) is 9.47. The summed E-state index contributed by atoms with van der Waals surface area (Å²) in [6, 6.07) is 28.4. The van der Waals surface area contributed by atoms with E-state index in [1.165, 1.54) is 5.56 Å². The summed E-state index contributed by atoms with van der Waals surface area (Å²) in [5.74, 6) is 0.0164. The van der Waals surface area contributed by atoms with Gasteiger partial charge in [0.1, 0.15) is 0 Å². The minimum absolute atomic E-state index is 0.0164. The van der Waals surface area contributed by atoms with E-state index in [9.17, 15) is 4.79 Å². The third-order valence-electron chi connectivity index (χ3n) is 4.44. The molecule has 0 fully saturated rings. The van der Waals surface area contributed by atoms with Crippen molar-refractivity contribution >= 4 is 11.6 Å². The molecule has 27 heavy (non-hydrogen) atoms. The van der Waals surface area contributed by atoms with Crippen molar-refractivity contribution in [3.8, 4) is 11.1 Å². The number of nitrogens with zero attached hydrogens (tertiary/aromatic N) is 1. The normalized spacial score (nSPS) is 10.7. The lowest BCUT2D eigenvalue weighted by Crippen LogP contribution is -2.33. The maximum absolute atomic E-state index is 12.7. The van der Waals surface area contributed by atoms with Crippen molar-refractivity contribution < 1.29 is 4.79 Å². The van der Waals surface area contributed by atoms with Gasteiger partial charge in [-0.2, -0.15) is 0 Å². The van der Waals surface area contributed by atoms with Crippen LogP contribution in [0.3, 0.4) is 0 Å². The quantitative estimate of drug-likeness (QED) is 0.600. The maximum atomic E-state index is 12.7. The molecule has 3 nitrogen and oxygen atoms in total. The van der Waals surface area contributed by atoms with Gasteiger partial charge in [0.05, 0.1) is 6.54 Å². The van der Waals surface area contributed by atoms with Crippen LogP contribution in [0.2, 0.25) is 0 Å². The summed E-state index contributed by atoms with van der Waals surface area (Å²) in [7, 11) is 0. The summed E-state index contributed by atoms with van der Waals surface area (Å²) in [4.78, 5) is 14.9. The van der Waals surface area contributed by atoms with Gasteiger partial charge >= 0.3 is 0 Å². The molecule has 3 aromatic carbocycles. The fourth-order valence-electron chi connectivity index (χ4n) is 3.23. The van der Waals surface area contributed by atoms with Crippen LogP contribution in [0.4, 0.5) is 5.69 Å². The monoisotopic (exact) mass is 358 g/mol. The number of amides is 1. The average Bonchev–Trinajstić information content (AvgIpc) is 2.70. The van der Waals surface area contributed by atoms with E-state index in [-0.39, 0.29) is 5.91 Å². The van der Waals surface area contributed by atoms with Gasteiger partial charge in [0, 0.05) is 17.8 Å². The van der Waals surface area contributed by atoms with Crippen LogP contribution in [0.1, 0.15) is 18.9 Å². The van der Waals surface area contributed by atoms with Gasteiger partial charge in [-0.3, -0.25) is 9.69 Å². The zero-order valence-electron chi connectivity index (χ0n) is 15.8. The van der Waals surface area contributed by atoms with Crippen molar-refractivity contribution in [1.29, 1.82) is 0 Å². The molecule has 0 heterocycles. The molecule has 0 saturated carbocycles. The van der Waals surface area contributed by atoms with Crippen LogP contribution < -0.4 is 5.32 Å². The zero-order valence-corrected chi connectivity index (χ0v) is 15.8. The van der Waals surface area contributed by atoms with E-state index < -0.39 is 0 Å². The van der Waals surface area contributed by atoms with Crippen LogP contribution in [0, 0.1) is 0 Å². The van der Waals surface area contributed by atoms with Gasteiger partial charge in [0.25, 0.3) is 0 Å². The number of benzene rings is 3. The van der Waals surface area contributed by atoms with Gasteiger partial charge in [-0.15, -0.1) is 0 Å². The Morgan fingerprint density at radius 2 is 1.48 bits per heavy atom. The van der Waals surface area contributed by atoms with Crippen LogP contribution in [0.25, 0.3) is 11.1 Å². The molecule has 0 radical (unpaired) electrons. The second-order valence-corrected chi connectivity index (χ2v) is 6.66. The lowest BCUT2D eigenvalue weighted by atomic mass is 10.0. The van der Waals surface area contributed by atoms with Crippen LogP contribution in [-0.2, 0) is 11.3 Å². The maximum Gasteiger partial charge on any atom is 0.238 e. The number of hydrogen-bond acceptors (Lipinski definition) is 2. The van der Waals surface area contributed by atoms with Crippen molar-refractivity contribution in [3.63, 3.8) is 0 Å². The Bertz CT molecular complexity index is 847. The van der Waals surface area contributed by atoms with Crippen LogP contribution in [-0.4, -0.2) is 23.9 Å². The van der Waals surface area contributed by atoms with E-state index in [0.29, 0.717) is 6.54 Å². The van der Waals surface area contributed by atoms with Crippen molar-refractivity contribution in [2.75, 3.05) is 18.4 Å². The molecule has 1 amide bonds. The van der Waals surface area contributed by atoms with Crippen LogP contribution in [0.5, 0.6) is 0 Å². The van der Waals surface area contributed by atoms with Gasteiger partial charge in [-0.05, 0) is 30.2 Å². The van der Waals surface area contributed by atoms with E-state index in [1.54, 1.807) is 0 Å². The molecule has 0 atom stereocenters. The zero-order chi connectivity index (χ0) is 18.9. The molecule has 3 heteroatoms. The third-order valence-corrected chi connectivity index (χ3v) is 4.44. The predicted octanol–water partition coefficient (Wildman–Crippen LogP) is 5.20. The number of anilines is 1. The summed E-state index contributed by atoms with van der Waals surface area (Å²) < 4.78 is 0. The molecule has 138 valence electrons. The Labute approximate surface area is 161 Å². The molecule has 0 aliphatic heterocycles. The molecule has 0 aliphatic rings. The topological polar surface area (TPSA) is 32.3 Å². The Morgan fingerprint density at radius 3 is 2.19 bits per heavy atom. The smallest absolute Gasteiger partial charge is 0.238 e. The van der Waals surface area contributed by atoms with E-state index in [4.69, 9.17) is 0 Å². The number of nitrogens with one attached hydrogen (secondary N) is 1. The summed E-state index contributed by atoms with van der Waals surface area (Å²) in [6.45, 7) is 4.19. The molecular weight excluding hydrogens is 332 g/mol. The Kier molecular flexibility index (Phi) is 6.78. The highest BCUT2D eigenvalue weighted by Gasteiger charge is 2.13. The fraction of sp³-hybridized carbons (Fsp3) is 0.208. The van der Waals surface area contributed by atoms with E-state index >= 15 is 0 Å². The van der Waals surface area contributed by atoms with E-state index in [0.717, 1.165) is 36.3 Å². The minimum atomic E-state index is 0.0164. The first kappa shape index (κ1) is 18.9. The van der Waals surface area contributed by atoms with Crippen LogP contribution >= 0.6 is 0 Å². The van der Waals surface area contributed by atoms with Crippen molar-refractivity contribution in [2.45, 2.75) is 19.9 Å². The molecule has 0 unspecified atom stereocenters. The number of carbonyl (C=O) groups is 1. The van der Waals surface area contributed by atoms with Crippen molar-refractivity contribution in [3.05, 3.63) is 90.5 Å². The number of para-hydroxylation sites is 1. The molecule has 0 bridgehead atoms. The Morgan fingerprint density at radius 1 is 0.852 bits per heavy atom. The molecule has 1 N–H and O–H groups in total.